The van der Waals surface area contributed by atoms with E-state index in [1.165, 1.54) is 12.7 Å². The van der Waals surface area contributed by atoms with Crippen LogP contribution < -0.4 is 5.23 Å². The monoisotopic (exact) mass is 499 g/mol. The van der Waals surface area contributed by atoms with Gasteiger partial charge in [-0.3, -0.25) is 0 Å². The molecule has 10 nitrogen and oxygen atoms in total. The zero-order valence-corrected chi connectivity index (χ0v) is 20.8. The minimum absolute atomic E-state index is 0.208. The van der Waals surface area contributed by atoms with Crippen LogP contribution in [0.4, 0.5) is 9.59 Å². The fraction of sp³-hybridized carbons (Fsp3) is 0.391. The number of rotatable bonds is 11. The van der Waals surface area contributed by atoms with Crippen molar-refractivity contribution in [2.75, 3.05) is 20.2 Å². The summed E-state index contributed by atoms with van der Waals surface area (Å²) < 4.78 is 32.5. The first kappa shape index (κ1) is 26.2. The topological polar surface area (TPSA) is 123 Å². The fourth-order valence-corrected chi connectivity index (χ4v) is 5.36. The standard InChI is InChI=1S/C23H30BN5O5S/c1-28(23(31)29-21-15-9-8-14-20(21)26-27-29)16-10-3-2-5-13-19(17-34-22(30)25-24)35(32,33)18-11-6-4-7-12-18/h4,6-9,11-12,14-15,19H,2-3,5,10,13,16-17,24H2,1H3,(H,25,30). The van der Waals surface area contributed by atoms with E-state index in [9.17, 15) is 18.0 Å². The summed E-state index contributed by atoms with van der Waals surface area (Å²) in [5.74, 6) is 0. The summed E-state index contributed by atoms with van der Waals surface area (Å²) in [5.41, 5.74) is 1.32. The highest BCUT2D eigenvalue weighted by Gasteiger charge is 2.28. The van der Waals surface area contributed by atoms with Gasteiger partial charge in [-0.2, -0.15) is 4.68 Å². The molecule has 1 atom stereocenters. The van der Waals surface area contributed by atoms with Gasteiger partial charge in [0.25, 0.3) is 0 Å². The number of hydrogen-bond acceptors (Lipinski definition) is 7. The first-order valence-electron chi connectivity index (χ1n) is 11.5. The average Bonchev–Trinajstić information content (AvgIpc) is 3.31. The molecule has 2 amide bonds. The summed E-state index contributed by atoms with van der Waals surface area (Å²) in [6.07, 6.45) is 2.73. The van der Waals surface area contributed by atoms with E-state index in [2.05, 4.69) is 15.5 Å². The molecule has 1 N–H and O–H groups in total. The van der Waals surface area contributed by atoms with E-state index in [-0.39, 0.29) is 17.5 Å². The van der Waals surface area contributed by atoms with Crippen LogP contribution in [0.15, 0.2) is 59.5 Å². The summed E-state index contributed by atoms with van der Waals surface area (Å²) in [5, 5.41) is 9.48. The lowest BCUT2D eigenvalue weighted by Gasteiger charge is -2.18. The Bertz CT molecular complexity index is 1240. The van der Waals surface area contributed by atoms with Crippen LogP contribution in [0.3, 0.4) is 0 Å². The van der Waals surface area contributed by atoms with Gasteiger partial charge >= 0.3 is 12.1 Å². The smallest absolute Gasteiger partial charge is 0.394 e. The number of unbranched alkanes of at least 4 members (excludes halogenated alkanes) is 3. The molecule has 0 saturated carbocycles. The third-order valence-corrected chi connectivity index (χ3v) is 7.92. The maximum Gasteiger partial charge on any atom is 0.394 e. The molecule has 0 aliphatic carbocycles. The number of ether oxygens (including phenoxy) is 1. The number of nitrogens with one attached hydrogen (secondary N) is 1. The molecule has 0 fully saturated rings. The Morgan fingerprint density at radius 2 is 1.74 bits per heavy atom. The molecular formula is C23H30BN5O5S. The predicted molar refractivity (Wildman–Crippen MR) is 134 cm³/mol. The van der Waals surface area contributed by atoms with Crippen LogP contribution in [0.1, 0.15) is 32.1 Å². The minimum atomic E-state index is -3.64. The number of carbonyl (C=O) groups is 2. The van der Waals surface area contributed by atoms with Crippen LogP contribution in [0.2, 0.25) is 0 Å². The number of fused-ring (bicyclic) bond motifs is 1. The van der Waals surface area contributed by atoms with Crippen molar-refractivity contribution in [3.63, 3.8) is 0 Å². The van der Waals surface area contributed by atoms with Crippen molar-refractivity contribution in [2.45, 2.75) is 42.2 Å². The van der Waals surface area contributed by atoms with Crippen molar-refractivity contribution in [1.82, 2.24) is 25.1 Å². The van der Waals surface area contributed by atoms with Crippen molar-refractivity contribution < 1.29 is 22.7 Å². The molecule has 186 valence electrons. The summed E-state index contributed by atoms with van der Waals surface area (Å²) in [7, 11) is -0.493. The Morgan fingerprint density at radius 1 is 1.06 bits per heavy atom. The molecule has 0 aliphatic rings. The van der Waals surface area contributed by atoms with Crippen LogP contribution in [-0.2, 0) is 14.6 Å². The number of aromatic nitrogens is 3. The Labute approximate surface area is 206 Å². The van der Waals surface area contributed by atoms with Crippen LogP contribution in [0.25, 0.3) is 11.0 Å². The molecular weight excluding hydrogens is 469 g/mol. The number of benzene rings is 2. The highest BCUT2D eigenvalue weighted by Crippen LogP contribution is 2.21. The van der Waals surface area contributed by atoms with Crippen LogP contribution in [0.5, 0.6) is 0 Å². The highest BCUT2D eigenvalue weighted by atomic mass is 32.2. The zero-order valence-electron chi connectivity index (χ0n) is 20.0. The second-order valence-corrected chi connectivity index (χ2v) is 10.5. The third kappa shape index (κ3) is 6.81. The number of hydrogen-bond donors (Lipinski definition) is 1. The molecule has 2 aromatic carbocycles. The summed E-state index contributed by atoms with van der Waals surface area (Å²) >= 11 is 0. The first-order valence-corrected chi connectivity index (χ1v) is 13.1. The number of amides is 2. The molecule has 1 aromatic heterocycles. The maximum absolute atomic E-state index is 13.1. The number of nitrogens with zero attached hydrogens (tertiary/aromatic N) is 4. The molecule has 1 heterocycles. The normalized spacial score (nSPS) is 12.3. The SMILES string of the molecule is BNC(=O)OCC(CCCCCCN(C)C(=O)n1nnc2ccccc21)S(=O)(=O)c1ccccc1. The molecule has 12 heteroatoms. The van der Waals surface area contributed by atoms with Crippen LogP contribution >= 0.6 is 0 Å². The summed E-state index contributed by atoms with van der Waals surface area (Å²) in [6.45, 7) is 0.332. The Balaban J connectivity index is 1.47. The number of sulfone groups is 1. The van der Waals surface area contributed by atoms with Crippen molar-refractivity contribution in [2.24, 2.45) is 0 Å². The van der Waals surface area contributed by atoms with Gasteiger partial charge in [0.1, 0.15) is 17.4 Å². The highest BCUT2D eigenvalue weighted by molar-refractivity contribution is 7.92. The molecule has 0 aliphatic heterocycles. The van der Waals surface area contributed by atoms with Crippen molar-refractivity contribution >= 4 is 41.0 Å². The second kappa shape index (κ2) is 12.3. The van der Waals surface area contributed by atoms with Crippen LogP contribution in [-0.4, -0.2) is 73.9 Å². The number of carbonyl (C=O) groups excluding carboxylic acids is 2. The molecule has 0 saturated heterocycles. The summed E-state index contributed by atoms with van der Waals surface area (Å²) in [6, 6.07) is 15.2. The van der Waals surface area contributed by atoms with Crippen molar-refractivity contribution in [3.8, 4) is 0 Å². The lowest BCUT2D eigenvalue weighted by Crippen LogP contribution is -2.32. The zero-order chi connectivity index (χ0) is 25.3. The molecule has 0 bridgehead atoms. The van der Waals surface area contributed by atoms with E-state index in [0.717, 1.165) is 19.3 Å². The molecule has 1 unspecified atom stereocenters. The van der Waals surface area contributed by atoms with Crippen molar-refractivity contribution in [3.05, 3.63) is 54.6 Å². The Kier molecular flexibility index (Phi) is 9.24. The van der Waals surface area contributed by atoms with Gasteiger partial charge in [-0.15, -0.1) is 5.10 Å². The lowest BCUT2D eigenvalue weighted by molar-refractivity contribution is 0.151. The summed E-state index contributed by atoms with van der Waals surface area (Å²) in [4.78, 5) is 26.0. The van der Waals surface area contributed by atoms with Gasteiger partial charge in [0.15, 0.2) is 9.84 Å². The van der Waals surface area contributed by atoms with Crippen molar-refractivity contribution in [1.29, 1.82) is 0 Å². The number of para-hydroxylation sites is 1. The maximum atomic E-state index is 13.1. The van der Waals surface area contributed by atoms with Gasteiger partial charge in [0.2, 0.25) is 7.98 Å². The largest absolute Gasteiger partial charge is 0.449 e. The van der Waals surface area contributed by atoms with E-state index < -0.39 is 21.2 Å². The third-order valence-electron chi connectivity index (χ3n) is 5.74. The van der Waals surface area contributed by atoms with Gasteiger partial charge in [-0.05, 0) is 37.1 Å². The first-order chi connectivity index (χ1) is 16.8. The van der Waals surface area contributed by atoms with E-state index in [4.69, 9.17) is 4.74 Å². The van der Waals surface area contributed by atoms with Gasteiger partial charge in [0.05, 0.1) is 10.4 Å². The van der Waals surface area contributed by atoms with E-state index in [0.29, 0.717) is 30.4 Å². The minimum Gasteiger partial charge on any atom is -0.449 e. The molecule has 35 heavy (non-hydrogen) atoms. The van der Waals surface area contributed by atoms with E-state index in [1.54, 1.807) is 54.4 Å². The molecule has 0 spiro atoms. The molecule has 3 rings (SSSR count). The van der Waals surface area contributed by atoms with Gasteiger partial charge < -0.3 is 14.9 Å². The Hall–Kier alpha value is -3.41. The average molecular weight is 499 g/mol. The lowest BCUT2D eigenvalue weighted by atomic mass is 10.1. The van der Waals surface area contributed by atoms with Gasteiger partial charge in [-0.25, -0.2) is 18.0 Å². The fourth-order valence-electron chi connectivity index (χ4n) is 3.71. The molecule has 0 radical (unpaired) electrons. The van der Waals surface area contributed by atoms with E-state index in [1.807, 2.05) is 12.1 Å². The van der Waals surface area contributed by atoms with Crippen LogP contribution in [0, 0.1) is 0 Å². The second-order valence-electron chi connectivity index (χ2n) is 8.23. The van der Waals surface area contributed by atoms with Gasteiger partial charge in [0, 0.05) is 13.6 Å². The van der Waals surface area contributed by atoms with E-state index >= 15 is 0 Å². The van der Waals surface area contributed by atoms with Gasteiger partial charge in [-0.1, -0.05) is 54.8 Å². The Morgan fingerprint density at radius 3 is 2.49 bits per heavy atom. The predicted octanol–water partition coefficient (Wildman–Crippen LogP) is 2.40. The quantitative estimate of drug-likeness (QED) is 0.317. The molecule has 3 aromatic rings.